The monoisotopic (exact) mass is 321 g/mol. The normalized spacial score (nSPS) is 11.4. The van der Waals surface area contributed by atoms with Gasteiger partial charge in [0.05, 0.1) is 15.6 Å². The molecule has 0 radical (unpaired) electrons. The van der Waals surface area contributed by atoms with Gasteiger partial charge in [0.15, 0.2) is 0 Å². The fraction of sp³-hybridized carbons (Fsp3) is 0. The molecule has 0 aliphatic heterocycles. The molecular formula is C12H7ClF3NO2S. The van der Waals surface area contributed by atoms with E-state index in [0.29, 0.717) is 6.07 Å². The van der Waals surface area contributed by atoms with Crippen LogP contribution in [0, 0.1) is 17.5 Å². The van der Waals surface area contributed by atoms with Crippen molar-refractivity contribution in [3.8, 4) is 0 Å². The number of halogens is 4. The largest absolute Gasteiger partial charge is 0.277 e. The van der Waals surface area contributed by atoms with Crippen molar-refractivity contribution in [2.75, 3.05) is 4.72 Å². The molecule has 0 unspecified atom stereocenters. The molecule has 0 aliphatic rings. The number of anilines is 1. The van der Waals surface area contributed by atoms with Gasteiger partial charge >= 0.3 is 0 Å². The molecule has 0 saturated heterocycles. The zero-order valence-electron chi connectivity index (χ0n) is 9.70. The Balaban J connectivity index is 2.38. The summed E-state index contributed by atoms with van der Waals surface area (Å²) >= 11 is 5.48. The fourth-order valence-corrected chi connectivity index (χ4v) is 2.76. The minimum absolute atomic E-state index is 0.340. The highest BCUT2D eigenvalue weighted by Gasteiger charge is 2.18. The summed E-state index contributed by atoms with van der Waals surface area (Å²) in [6.07, 6.45) is 0. The van der Waals surface area contributed by atoms with Gasteiger partial charge in [0.2, 0.25) is 0 Å². The highest BCUT2D eigenvalue weighted by molar-refractivity contribution is 7.92. The maximum atomic E-state index is 13.4. The van der Waals surface area contributed by atoms with Crippen molar-refractivity contribution in [2.45, 2.75) is 4.90 Å². The van der Waals surface area contributed by atoms with E-state index in [1.54, 1.807) is 0 Å². The minimum Gasteiger partial charge on any atom is -0.277 e. The van der Waals surface area contributed by atoms with Crippen molar-refractivity contribution in [3.05, 3.63) is 58.9 Å². The first-order valence-corrected chi connectivity index (χ1v) is 7.08. The topological polar surface area (TPSA) is 46.2 Å². The summed E-state index contributed by atoms with van der Waals surface area (Å²) in [4.78, 5) is -0.340. The number of benzene rings is 2. The first kappa shape index (κ1) is 14.7. The van der Waals surface area contributed by atoms with Crippen molar-refractivity contribution in [2.24, 2.45) is 0 Å². The highest BCUT2D eigenvalue weighted by Crippen LogP contribution is 2.23. The van der Waals surface area contributed by atoms with Crippen LogP contribution >= 0.6 is 11.6 Å². The lowest BCUT2D eigenvalue weighted by Gasteiger charge is -2.09. The Morgan fingerprint density at radius 2 is 1.65 bits per heavy atom. The Kier molecular flexibility index (Phi) is 3.92. The number of sulfonamides is 1. The summed E-state index contributed by atoms with van der Waals surface area (Å²) in [6, 6.07) is 5.12. The Morgan fingerprint density at radius 1 is 0.950 bits per heavy atom. The van der Waals surface area contributed by atoms with Crippen LogP contribution in [-0.4, -0.2) is 8.42 Å². The first-order chi connectivity index (χ1) is 9.29. The molecule has 3 nitrogen and oxygen atoms in total. The zero-order chi connectivity index (χ0) is 14.9. The quantitative estimate of drug-likeness (QED) is 0.939. The lowest BCUT2D eigenvalue weighted by atomic mass is 10.3. The first-order valence-electron chi connectivity index (χ1n) is 5.22. The summed E-state index contributed by atoms with van der Waals surface area (Å²) in [5, 5.41) is -0.382. The van der Waals surface area contributed by atoms with Crippen LogP contribution in [0.2, 0.25) is 5.02 Å². The van der Waals surface area contributed by atoms with E-state index < -0.39 is 33.2 Å². The van der Waals surface area contributed by atoms with Gasteiger partial charge in [0.1, 0.15) is 17.5 Å². The Morgan fingerprint density at radius 3 is 2.25 bits per heavy atom. The van der Waals surface area contributed by atoms with Gasteiger partial charge in [0, 0.05) is 6.07 Å². The molecule has 106 valence electrons. The summed E-state index contributed by atoms with van der Waals surface area (Å²) in [5.74, 6) is -2.68. The maximum Gasteiger partial charge on any atom is 0.262 e. The smallest absolute Gasteiger partial charge is 0.262 e. The number of hydrogen-bond donors (Lipinski definition) is 1. The average Bonchev–Trinajstić information content (AvgIpc) is 2.36. The second-order valence-electron chi connectivity index (χ2n) is 3.81. The van der Waals surface area contributed by atoms with Gasteiger partial charge in [-0.15, -0.1) is 0 Å². The highest BCUT2D eigenvalue weighted by atomic mass is 35.5. The average molecular weight is 322 g/mol. The van der Waals surface area contributed by atoms with Crippen LogP contribution in [0.3, 0.4) is 0 Å². The molecule has 0 aliphatic carbocycles. The van der Waals surface area contributed by atoms with Gasteiger partial charge in [-0.05, 0) is 30.3 Å². The van der Waals surface area contributed by atoms with Crippen LogP contribution in [0.4, 0.5) is 18.9 Å². The van der Waals surface area contributed by atoms with Gasteiger partial charge in [0.25, 0.3) is 10.0 Å². The minimum atomic E-state index is -4.15. The summed E-state index contributed by atoms with van der Waals surface area (Å²) in [6.45, 7) is 0. The van der Waals surface area contributed by atoms with E-state index in [4.69, 9.17) is 11.6 Å². The Hall–Kier alpha value is -1.73. The van der Waals surface area contributed by atoms with Crippen LogP contribution < -0.4 is 4.72 Å². The van der Waals surface area contributed by atoms with E-state index in [9.17, 15) is 21.6 Å². The molecule has 0 heterocycles. The zero-order valence-corrected chi connectivity index (χ0v) is 11.3. The molecule has 0 atom stereocenters. The van der Waals surface area contributed by atoms with E-state index in [-0.39, 0.29) is 9.92 Å². The lowest BCUT2D eigenvalue weighted by molar-refractivity contribution is 0.582. The molecule has 20 heavy (non-hydrogen) atoms. The molecule has 0 bridgehead atoms. The van der Waals surface area contributed by atoms with Gasteiger partial charge in [-0.25, -0.2) is 21.6 Å². The summed E-state index contributed by atoms with van der Waals surface area (Å²) in [7, 11) is -4.15. The molecule has 1 N–H and O–H groups in total. The molecule has 0 amide bonds. The van der Waals surface area contributed by atoms with Gasteiger partial charge in [-0.2, -0.15) is 0 Å². The molecule has 2 rings (SSSR count). The van der Waals surface area contributed by atoms with Crippen molar-refractivity contribution in [3.63, 3.8) is 0 Å². The third-order valence-corrected chi connectivity index (χ3v) is 4.03. The van der Waals surface area contributed by atoms with Crippen LogP contribution in [0.15, 0.2) is 41.3 Å². The molecule has 2 aromatic rings. The predicted octanol–water partition coefficient (Wildman–Crippen LogP) is 3.56. The van der Waals surface area contributed by atoms with E-state index >= 15 is 0 Å². The van der Waals surface area contributed by atoms with E-state index in [1.807, 2.05) is 4.72 Å². The number of nitrogens with one attached hydrogen (secondary N) is 1. The standard InChI is InChI=1S/C12H7ClF3NO2S/c13-9-6-8(2-3-10(9)15)20(18,19)17-12-4-1-7(14)5-11(12)16/h1-6,17H. The summed E-state index contributed by atoms with van der Waals surface area (Å²) < 4.78 is 64.9. The molecular weight excluding hydrogens is 315 g/mol. The van der Waals surface area contributed by atoms with Gasteiger partial charge < -0.3 is 0 Å². The van der Waals surface area contributed by atoms with Gasteiger partial charge in [-0.3, -0.25) is 4.72 Å². The maximum absolute atomic E-state index is 13.4. The Labute approximate surface area is 118 Å². The van der Waals surface area contributed by atoms with E-state index in [0.717, 1.165) is 30.3 Å². The lowest BCUT2D eigenvalue weighted by Crippen LogP contribution is -2.14. The fourth-order valence-electron chi connectivity index (χ4n) is 1.42. The molecule has 0 spiro atoms. The number of rotatable bonds is 3. The van der Waals surface area contributed by atoms with Crippen LogP contribution in [0.25, 0.3) is 0 Å². The molecule has 8 heteroatoms. The number of hydrogen-bond acceptors (Lipinski definition) is 2. The molecule has 0 aromatic heterocycles. The van der Waals surface area contributed by atoms with Crippen LogP contribution in [0.1, 0.15) is 0 Å². The third kappa shape index (κ3) is 3.05. The molecule has 0 fully saturated rings. The van der Waals surface area contributed by atoms with E-state index in [1.165, 1.54) is 0 Å². The molecule has 0 saturated carbocycles. The molecule has 2 aromatic carbocycles. The second-order valence-corrected chi connectivity index (χ2v) is 5.90. The SMILES string of the molecule is O=S(=O)(Nc1ccc(F)cc1F)c1ccc(F)c(Cl)c1. The van der Waals surface area contributed by atoms with Gasteiger partial charge in [-0.1, -0.05) is 11.6 Å². The predicted molar refractivity (Wildman–Crippen MR) is 68.6 cm³/mol. The summed E-state index contributed by atoms with van der Waals surface area (Å²) in [5.41, 5.74) is -0.424. The van der Waals surface area contributed by atoms with Crippen molar-refractivity contribution in [1.29, 1.82) is 0 Å². The second kappa shape index (κ2) is 5.34. The van der Waals surface area contributed by atoms with E-state index in [2.05, 4.69) is 0 Å². The third-order valence-electron chi connectivity index (χ3n) is 2.38. The van der Waals surface area contributed by atoms with Crippen LogP contribution in [0.5, 0.6) is 0 Å². The Bertz CT molecular complexity index is 765. The van der Waals surface area contributed by atoms with Crippen molar-refractivity contribution in [1.82, 2.24) is 0 Å². The van der Waals surface area contributed by atoms with Crippen molar-refractivity contribution >= 4 is 27.3 Å². The van der Waals surface area contributed by atoms with Crippen LogP contribution in [-0.2, 0) is 10.0 Å². The van der Waals surface area contributed by atoms with Crippen molar-refractivity contribution < 1.29 is 21.6 Å².